The molecule has 0 aliphatic heterocycles. The summed E-state index contributed by atoms with van der Waals surface area (Å²) in [6.45, 7) is 13.5. The zero-order valence-corrected chi connectivity index (χ0v) is 13.9. The van der Waals surface area contributed by atoms with Gasteiger partial charge in [0.15, 0.2) is 5.82 Å². The SMILES string of the molecule is CCNc1nc(-c2csc(C(C)(C)C)n2)nc(C)c1C. The minimum absolute atomic E-state index is 0.0627. The van der Waals surface area contributed by atoms with Crippen LogP contribution in [0.25, 0.3) is 11.5 Å². The van der Waals surface area contributed by atoms with E-state index < -0.39 is 0 Å². The topological polar surface area (TPSA) is 50.7 Å². The minimum atomic E-state index is 0.0627. The molecule has 0 aliphatic rings. The van der Waals surface area contributed by atoms with Crippen LogP contribution >= 0.6 is 11.3 Å². The van der Waals surface area contributed by atoms with Crippen molar-refractivity contribution in [2.24, 2.45) is 0 Å². The van der Waals surface area contributed by atoms with Crippen molar-refractivity contribution >= 4 is 17.2 Å². The lowest BCUT2D eigenvalue weighted by Crippen LogP contribution is -2.10. The first-order valence-corrected chi connectivity index (χ1v) is 7.76. The zero-order chi connectivity index (χ0) is 14.9. The summed E-state index contributed by atoms with van der Waals surface area (Å²) in [4.78, 5) is 13.9. The molecule has 0 saturated carbocycles. The standard InChI is InChI=1S/C15H22N4S/c1-7-16-12-9(2)10(3)17-13(19-12)11-8-20-14(18-11)15(4,5)6/h8H,7H2,1-6H3,(H,16,17,19). The first kappa shape index (κ1) is 14.9. The van der Waals surface area contributed by atoms with Crippen LogP contribution in [-0.2, 0) is 5.41 Å². The van der Waals surface area contributed by atoms with Crippen molar-refractivity contribution in [1.82, 2.24) is 15.0 Å². The Morgan fingerprint density at radius 3 is 2.40 bits per heavy atom. The van der Waals surface area contributed by atoms with Crippen molar-refractivity contribution in [1.29, 1.82) is 0 Å². The number of rotatable bonds is 3. The van der Waals surface area contributed by atoms with E-state index in [9.17, 15) is 0 Å². The average Bonchev–Trinajstić information content (AvgIpc) is 2.84. The Labute approximate surface area is 124 Å². The molecule has 1 N–H and O–H groups in total. The van der Waals surface area contributed by atoms with E-state index in [-0.39, 0.29) is 5.41 Å². The largest absolute Gasteiger partial charge is 0.370 e. The van der Waals surface area contributed by atoms with Gasteiger partial charge in [0.25, 0.3) is 0 Å². The number of aryl methyl sites for hydroxylation is 1. The van der Waals surface area contributed by atoms with Gasteiger partial charge in [0.1, 0.15) is 11.5 Å². The smallest absolute Gasteiger partial charge is 0.181 e. The molecule has 4 nitrogen and oxygen atoms in total. The molecule has 0 saturated heterocycles. The van der Waals surface area contributed by atoms with Gasteiger partial charge in [-0.1, -0.05) is 20.8 Å². The van der Waals surface area contributed by atoms with Gasteiger partial charge in [-0.15, -0.1) is 11.3 Å². The molecule has 0 amide bonds. The van der Waals surface area contributed by atoms with Crippen LogP contribution in [0.15, 0.2) is 5.38 Å². The highest BCUT2D eigenvalue weighted by molar-refractivity contribution is 7.10. The summed E-state index contributed by atoms with van der Waals surface area (Å²) in [6, 6.07) is 0. The maximum absolute atomic E-state index is 4.69. The summed E-state index contributed by atoms with van der Waals surface area (Å²) in [7, 11) is 0. The predicted molar refractivity (Wildman–Crippen MR) is 85.5 cm³/mol. The molecule has 2 aromatic heterocycles. The van der Waals surface area contributed by atoms with Crippen LogP contribution in [0.1, 0.15) is 44.0 Å². The van der Waals surface area contributed by atoms with E-state index in [1.807, 2.05) is 19.2 Å². The highest BCUT2D eigenvalue weighted by Gasteiger charge is 2.20. The second-order valence-corrected chi connectivity index (χ2v) is 6.78. The highest BCUT2D eigenvalue weighted by atomic mass is 32.1. The van der Waals surface area contributed by atoms with Gasteiger partial charge in [0, 0.05) is 28.6 Å². The summed E-state index contributed by atoms with van der Waals surface area (Å²) < 4.78 is 0. The normalized spacial score (nSPS) is 11.7. The van der Waals surface area contributed by atoms with Crippen molar-refractivity contribution in [3.8, 4) is 11.5 Å². The van der Waals surface area contributed by atoms with E-state index in [4.69, 9.17) is 0 Å². The third-order valence-electron chi connectivity index (χ3n) is 3.11. The van der Waals surface area contributed by atoms with E-state index >= 15 is 0 Å². The van der Waals surface area contributed by atoms with Crippen LogP contribution in [-0.4, -0.2) is 21.5 Å². The van der Waals surface area contributed by atoms with Gasteiger partial charge in [0.2, 0.25) is 0 Å². The Morgan fingerprint density at radius 1 is 1.15 bits per heavy atom. The Balaban J connectivity index is 2.45. The van der Waals surface area contributed by atoms with Gasteiger partial charge in [-0.3, -0.25) is 0 Å². The summed E-state index contributed by atoms with van der Waals surface area (Å²) in [5.74, 6) is 1.61. The van der Waals surface area contributed by atoms with Crippen molar-refractivity contribution in [3.63, 3.8) is 0 Å². The lowest BCUT2D eigenvalue weighted by molar-refractivity contribution is 0.586. The second kappa shape index (κ2) is 5.48. The average molecular weight is 290 g/mol. The predicted octanol–water partition coefficient (Wildman–Crippen LogP) is 3.95. The molecular formula is C15H22N4S. The maximum Gasteiger partial charge on any atom is 0.181 e. The number of anilines is 1. The molecule has 108 valence electrons. The molecule has 0 unspecified atom stereocenters. The monoisotopic (exact) mass is 290 g/mol. The molecule has 0 atom stereocenters. The molecule has 20 heavy (non-hydrogen) atoms. The lowest BCUT2D eigenvalue weighted by Gasteiger charge is -2.13. The van der Waals surface area contributed by atoms with Crippen LogP contribution in [0.3, 0.4) is 0 Å². The van der Waals surface area contributed by atoms with Crippen molar-refractivity contribution in [3.05, 3.63) is 21.6 Å². The number of hydrogen-bond acceptors (Lipinski definition) is 5. The summed E-state index contributed by atoms with van der Waals surface area (Å²) in [6.07, 6.45) is 0. The van der Waals surface area contributed by atoms with Gasteiger partial charge in [0.05, 0.1) is 5.01 Å². The van der Waals surface area contributed by atoms with Crippen LogP contribution < -0.4 is 5.32 Å². The Morgan fingerprint density at radius 2 is 1.85 bits per heavy atom. The Hall–Kier alpha value is -1.49. The quantitative estimate of drug-likeness (QED) is 0.930. The van der Waals surface area contributed by atoms with Gasteiger partial charge >= 0.3 is 0 Å². The molecule has 5 heteroatoms. The van der Waals surface area contributed by atoms with Gasteiger partial charge < -0.3 is 5.32 Å². The van der Waals surface area contributed by atoms with Gasteiger partial charge in [-0.25, -0.2) is 15.0 Å². The minimum Gasteiger partial charge on any atom is -0.370 e. The first-order valence-electron chi connectivity index (χ1n) is 6.88. The molecule has 2 aromatic rings. The maximum atomic E-state index is 4.69. The molecule has 0 spiro atoms. The molecule has 2 heterocycles. The summed E-state index contributed by atoms with van der Waals surface area (Å²) in [5.41, 5.74) is 3.02. The Kier molecular flexibility index (Phi) is 4.09. The van der Waals surface area contributed by atoms with Crippen molar-refractivity contribution in [2.75, 3.05) is 11.9 Å². The third-order valence-corrected chi connectivity index (χ3v) is 4.38. The summed E-state index contributed by atoms with van der Waals surface area (Å²) >= 11 is 1.67. The highest BCUT2D eigenvalue weighted by Crippen LogP contribution is 2.29. The molecule has 0 fully saturated rings. The molecule has 0 aromatic carbocycles. The molecule has 2 rings (SSSR count). The molecule has 0 radical (unpaired) electrons. The van der Waals surface area contributed by atoms with E-state index in [0.717, 1.165) is 34.3 Å². The van der Waals surface area contributed by atoms with E-state index in [1.165, 1.54) is 0 Å². The Bertz CT molecular complexity index is 611. The van der Waals surface area contributed by atoms with Gasteiger partial charge in [-0.05, 0) is 20.8 Å². The van der Waals surface area contributed by atoms with E-state index in [0.29, 0.717) is 5.82 Å². The number of aromatic nitrogens is 3. The van der Waals surface area contributed by atoms with Crippen LogP contribution in [0, 0.1) is 13.8 Å². The molecule has 0 bridgehead atoms. The lowest BCUT2D eigenvalue weighted by atomic mass is 9.98. The number of nitrogens with one attached hydrogen (secondary N) is 1. The van der Waals surface area contributed by atoms with Crippen molar-refractivity contribution < 1.29 is 0 Å². The second-order valence-electron chi connectivity index (χ2n) is 5.92. The zero-order valence-electron chi connectivity index (χ0n) is 13.0. The first-order chi connectivity index (χ1) is 9.32. The fourth-order valence-electron chi connectivity index (χ4n) is 1.80. The van der Waals surface area contributed by atoms with E-state index in [1.54, 1.807) is 11.3 Å². The fourth-order valence-corrected chi connectivity index (χ4v) is 2.69. The van der Waals surface area contributed by atoms with E-state index in [2.05, 4.69) is 48.0 Å². The third kappa shape index (κ3) is 2.98. The van der Waals surface area contributed by atoms with Crippen LogP contribution in [0.2, 0.25) is 0 Å². The summed E-state index contributed by atoms with van der Waals surface area (Å²) in [5, 5.41) is 6.44. The van der Waals surface area contributed by atoms with Gasteiger partial charge in [-0.2, -0.15) is 0 Å². The molecule has 0 aliphatic carbocycles. The number of thiazole rings is 1. The van der Waals surface area contributed by atoms with Crippen LogP contribution in [0.5, 0.6) is 0 Å². The number of nitrogens with zero attached hydrogens (tertiary/aromatic N) is 3. The van der Waals surface area contributed by atoms with Crippen LogP contribution in [0.4, 0.5) is 5.82 Å². The molecular weight excluding hydrogens is 268 g/mol. The van der Waals surface area contributed by atoms with Crippen molar-refractivity contribution in [2.45, 2.75) is 47.0 Å². The fraction of sp³-hybridized carbons (Fsp3) is 0.533. The number of hydrogen-bond donors (Lipinski definition) is 1.